The maximum absolute atomic E-state index is 12.5. The summed E-state index contributed by atoms with van der Waals surface area (Å²) in [5.41, 5.74) is 2.39. The summed E-state index contributed by atoms with van der Waals surface area (Å²) in [6.07, 6.45) is 2.25. The van der Waals surface area contributed by atoms with Crippen LogP contribution in [0.15, 0.2) is 5.51 Å². The number of likely N-dealkylation sites (tertiary alicyclic amines) is 1. The first-order valence-electron chi connectivity index (χ1n) is 7.57. The second-order valence-electron chi connectivity index (χ2n) is 5.99. The molecule has 0 bridgehead atoms. The number of thiazole rings is 1. The molecule has 1 aromatic rings. The molecule has 1 saturated heterocycles. The van der Waals surface area contributed by atoms with Crippen LogP contribution >= 0.6 is 11.3 Å². The van der Waals surface area contributed by atoms with Crippen molar-refractivity contribution in [3.63, 3.8) is 0 Å². The lowest BCUT2D eigenvalue weighted by Crippen LogP contribution is -2.62. The van der Waals surface area contributed by atoms with E-state index in [4.69, 9.17) is 4.74 Å². The van der Waals surface area contributed by atoms with Gasteiger partial charge in [0.25, 0.3) is 5.91 Å². The Bertz CT molecular complexity index is 521. The van der Waals surface area contributed by atoms with Crippen LogP contribution in [0, 0.1) is 12.3 Å². The average Bonchev–Trinajstić information content (AvgIpc) is 2.92. The molecule has 2 unspecified atom stereocenters. The fourth-order valence-corrected chi connectivity index (χ4v) is 4.36. The Balaban J connectivity index is 1.65. The van der Waals surface area contributed by atoms with Crippen LogP contribution in [0.2, 0.25) is 0 Å². The lowest BCUT2D eigenvalue weighted by atomic mass is 9.58. The first-order chi connectivity index (χ1) is 10.1. The Kier molecular flexibility index (Phi) is 4.03. The van der Waals surface area contributed by atoms with Crippen LogP contribution in [-0.4, -0.2) is 52.8 Å². The summed E-state index contributed by atoms with van der Waals surface area (Å²) in [4.78, 5) is 19.3. The number of hydrogen-bond acceptors (Lipinski definition) is 5. The Morgan fingerprint density at radius 2 is 2.29 bits per heavy atom. The Labute approximate surface area is 128 Å². The maximum atomic E-state index is 12.5. The van der Waals surface area contributed by atoms with Gasteiger partial charge in [0.2, 0.25) is 0 Å². The summed E-state index contributed by atoms with van der Waals surface area (Å²) in [7, 11) is 0. The number of aryl methyl sites for hydroxylation is 1. The van der Waals surface area contributed by atoms with Crippen LogP contribution in [0.4, 0.5) is 0 Å². The molecule has 1 aromatic heterocycles. The molecule has 1 aliphatic heterocycles. The molecule has 3 rings (SSSR count). The van der Waals surface area contributed by atoms with Crippen LogP contribution in [0.3, 0.4) is 0 Å². The molecule has 1 amide bonds. The number of rotatable bonds is 3. The Morgan fingerprint density at radius 3 is 2.81 bits per heavy atom. The molecule has 6 heteroatoms. The molecule has 21 heavy (non-hydrogen) atoms. The van der Waals surface area contributed by atoms with Crippen LogP contribution in [0.25, 0.3) is 0 Å². The van der Waals surface area contributed by atoms with Gasteiger partial charge in [-0.15, -0.1) is 11.3 Å². The first-order valence-corrected chi connectivity index (χ1v) is 8.45. The minimum absolute atomic E-state index is 0.0756. The standard InChI is InChI=1S/C15H22N2O3S/c1-3-20-12-8-11(18)15(12)4-6-17(7-5-15)14(19)13-10(2)16-9-21-13/h9,11-12,18H,3-8H2,1-2H3. The topological polar surface area (TPSA) is 62.7 Å². The van der Waals surface area contributed by atoms with E-state index in [2.05, 4.69) is 4.98 Å². The van der Waals surface area contributed by atoms with Crippen LogP contribution in [-0.2, 0) is 4.74 Å². The van der Waals surface area contributed by atoms with Gasteiger partial charge < -0.3 is 14.7 Å². The number of carbonyl (C=O) groups is 1. The highest BCUT2D eigenvalue weighted by molar-refractivity contribution is 7.11. The fraction of sp³-hybridized carbons (Fsp3) is 0.733. The van der Waals surface area contributed by atoms with E-state index in [0.717, 1.165) is 29.8 Å². The monoisotopic (exact) mass is 310 g/mol. The number of aliphatic hydroxyl groups excluding tert-OH is 1. The van der Waals surface area contributed by atoms with Crippen molar-refractivity contribution in [3.8, 4) is 0 Å². The third-order valence-electron chi connectivity index (χ3n) is 5.03. The maximum Gasteiger partial charge on any atom is 0.265 e. The molecule has 2 atom stereocenters. The second kappa shape index (κ2) is 5.66. The van der Waals surface area contributed by atoms with E-state index in [1.807, 2.05) is 18.7 Å². The number of carbonyl (C=O) groups excluding carboxylic acids is 1. The highest BCUT2D eigenvalue weighted by Gasteiger charge is 2.56. The summed E-state index contributed by atoms with van der Waals surface area (Å²) >= 11 is 1.40. The van der Waals surface area contributed by atoms with E-state index in [-0.39, 0.29) is 23.5 Å². The molecule has 1 spiro atoms. The van der Waals surface area contributed by atoms with Crippen molar-refractivity contribution >= 4 is 17.2 Å². The second-order valence-corrected chi connectivity index (χ2v) is 6.84. The van der Waals surface area contributed by atoms with Crippen LogP contribution in [0.1, 0.15) is 41.6 Å². The molecular weight excluding hydrogens is 288 g/mol. The summed E-state index contributed by atoms with van der Waals surface area (Å²) in [5, 5.41) is 10.2. The highest BCUT2D eigenvalue weighted by Crippen LogP contribution is 2.51. The van der Waals surface area contributed by atoms with Crippen molar-refractivity contribution in [2.24, 2.45) is 5.41 Å². The van der Waals surface area contributed by atoms with Gasteiger partial charge in [0.15, 0.2) is 0 Å². The lowest BCUT2D eigenvalue weighted by Gasteiger charge is -2.56. The van der Waals surface area contributed by atoms with E-state index in [1.54, 1.807) is 5.51 Å². The predicted molar refractivity (Wildman–Crippen MR) is 80.5 cm³/mol. The summed E-state index contributed by atoms with van der Waals surface area (Å²) in [5.74, 6) is 0.0756. The van der Waals surface area contributed by atoms with Gasteiger partial charge in [-0.2, -0.15) is 0 Å². The quantitative estimate of drug-likeness (QED) is 0.925. The number of amides is 1. The van der Waals surface area contributed by atoms with Crippen LogP contribution < -0.4 is 0 Å². The zero-order valence-electron chi connectivity index (χ0n) is 12.5. The molecule has 0 aromatic carbocycles. The molecule has 0 radical (unpaired) electrons. The SMILES string of the molecule is CCOC1CC(O)C12CCN(C(=O)c1scnc1C)CC2. The molecule has 116 valence electrons. The minimum atomic E-state index is -0.281. The average molecular weight is 310 g/mol. The zero-order valence-corrected chi connectivity index (χ0v) is 13.4. The Morgan fingerprint density at radius 1 is 1.57 bits per heavy atom. The highest BCUT2D eigenvalue weighted by atomic mass is 32.1. The predicted octanol–water partition coefficient (Wildman–Crippen LogP) is 1.84. The first kappa shape index (κ1) is 14.9. The third kappa shape index (κ3) is 2.39. The molecule has 5 nitrogen and oxygen atoms in total. The van der Waals surface area contributed by atoms with Crippen molar-refractivity contribution in [1.29, 1.82) is 0 Å². The molecule has 2 heterocycles. The van der Waals surface area contributed by atoms with Crippen molar-refractivity contribution in [2.75, 3.05) is 19.7 Å². The number of piperidine rings is 1. The van der Waals surface area contributed by atoms with Gasteiger partial charge in [0.05, 0.1) is 23.4 Å². The van der Waals surface area contributed by atoms with Crippen molar-refractivity contribution < 1.29 is 14.6 Å². The smallest absolute Gasteiger partial charge is 0.265 e. The van der Waals surface area contributed by atoms with Gasteiger partial charge in [0.1, 0.15) is 4.88 Å². The van der Waals surface area contributed by atoms with Gasteiger partial charge in [-0.3, -0.25) is 4.79 Å². The number of nitrogens with zero attached hydrogens (tertiary/aromatic N) is 2. The van der Waals surface area contributed by atoms with Gasteiger partial charge in [0, 0.05) is 31.5 Å². The molecule has 1 aliphatic carbocycles. The molecule has 1 saturated carbocycles. The molecule has 2 aliphatic rings. The molecule has 1 N–H and O–H groups in total. The van der Waals surface area contributed by atoms with Gasteiger partial charge >= 0.3 is 0 Å². The number of ether oxygens (including phenoxy) is 1. The summed E-state index contributed by atoms with van der Waals surface area (Å²) < 4.78 is 5.76. The number of aromatic nitrogens is 1. The third-order valence-corrected chi connectivity index (χ3v) is 5.95. The number of hydrogen-bond donors (Lipinski definition) is 1. The van der Waals surface area contributed by atoms with Gasteiger partial charge in [-0.05, 0) is 26.7 Å². The van der Waals surface area contributed by atoms with Gasteiger partial charge in [-0.25, -0.2) is 4.98 Å². The van der Waals surface area contributed by atoms with E-state index in [9.17, 15) is 9.90 Å². The molecular formula is C15H22N2O3S. The van der Waals surface area contributed by atoms with E-state index < -0.39 is 0 Å². The minimum Gasteiger partial charge on any atom is -0.392 e. The van der Waals surface area contributed by atoms with Crippen molar-refractivity contribution in [1.82, 2.24) is 9.88 Å². The van der Waals surface area contributed by atoms with Crippen molar-refractivity contribution in [3.05, 3.63) is 16.1 Å². The summed E-state index contributed by atoms with van der Waals surface area (Å²) in [6.45, 7) is 5.93. The van der Waals surface area contributed by atoms with E-state index in [0.29, 0.717) is 19.7 Å². The van der Waals surface area contributed by atoms with Crippen molar-refractivity contribution in [2.45, 2.75) is 45.3 Å². The van der Waals surface area contributed by atoms with E-state index in [1.165, 1.54) is 11.3 Å². The van der Waals surface area contributed by atoms with Crippen LogP contribution in [0.5, 0.6) is 0 Å². The Hall–Kier alpha value is -0.980. The fourth-order valence-electron chi connectivity index (χ4n) is 3.59. The normalized spacial score (nSPS) is 27.7. The molecule has 2 fully saturated rings. The zero-order chi connectivity index (χ0) is 15.0. The lowest BCUT2D eigenvalue weighted by molar-refractivity contribution is -0.207. The number of aliphatic hydroxyl groups is 1. The van der Waals surface area contributed by atoms with E-state index >= 15 is 0 Å². The van der Waals surface area contributed by atoms with Gasteiger partial charge in [-0.1, -0.05) is 0 Å². The largest absolute Gasteiger partial charge is 0.392 e. The summed E-state index contributed by atoms with van der Waals surface area (Å²) in [6, 6.07) is 0.